The van der Waals surface area contributed by atoms with Gasteiger partial charge in [-0.1, -0.05) is 0 Å². The van der Waals surface area contributed by atoms with Crippen molar-refractivity contribution in [3.8, 4) is 28.7 Å². The number of nitrogens with one attached hydrogen (secondary N) is 1. The standard InChI is InChI=1S/C21H25NO6/c1-24-16-8-14(9-17(12-16)25-2)6-7-20(23)22-13-15-10-18(26-3)21(28-5)19(11-15)27-4/h6-12H,13H2,1-5H3,(H,22,23)/b7-6+. The smallest absolute Gasteiger partial charge is 0.244 e. The highest BCUT2D eigenvalue weighted by atomic mass is 16.5. The van der Waals surface area contributed by atoms with E-state index >= 15 is 0 Å². The Morgan fingerprint density at radius 1 is 0.821 bits per heavy atom. The third-order valence-electron chi connectivity index (χ3n) is 3.99. The van der Waals surface area contributed by atoms with Crippen LogP contribution in [-0.4, -0.2) is 41.5 Å². The number of methoxy groups -OCH3 is 5. The van der Waals surface area contributed by atoms with Gasteiger partial charge < -0.3 is 29.0 Å². The van der Waals surface area contributed by atoms with E-state index in [2.05, 4.69) is 5.32 Å². The van der Waals surface area contributed by atoms with Gasteiger partial charge >= 0.3 is 0 Å². The van der Waals surface area contributed by atoms with Crippen molar-refractivity contribution in [2.45, 2.75) is 6.54 Å². The Balaban J connectivity index is 2.07. The van der Waals surface area contributed by atoms with Gasteiger partial charge in [0, 0.05) is 18.7 Å². The van der Waals surface area contributed by atoms with Crippen molar-refractivity contribution in [2.75, 3.05) is 35.5 Å². The van der Waals surface area contributed by atoms with E-state index in [1.165, 1.54) is 6.08 Å². The van der Waals surface area contributed by atoms with Crippen LogP contribution in [0, 0.1) is 0 Å². The first-order chi connectivity index (χ1) is 13.5. The predicted molar refractivity (Wildman–Crippen MR) is 107 cm³/mol. The topological polar surface area (TPSA) is 75.3 Å². The van der Waals surface area contributed by atoms with Crippen molar-refractivity contribution in [2.24, 2.45) is 0 Å². The van der Waals surface area contributed by atoms with Crippen LogP contribution in [0.5, 0.6) is 28.7 Å². The Morgan fingerprint density at radius 2 is 1.39 bits per heavy atom. The van der Waals surface area contributed by atoms with Crippen LogP contribution in [0.15, 0.2) is 36.4 Å². The lowest BCUT2D eigenvalue weighted by Crippen LogP contribution is -2.20. The third kappa shape index (κ3) is 5.33. The molecule has 2 aromatic carbocycles. The number of benzene rings is 2. The number of hydrogen-bond acceptors (Lipinski definition) is 6. The van der Waals surface area contributed by atoms with Gasteiger partial charge in [0.25, 0.3) is 0 Å². The van der Waals surface area contributed by atoms with Crippen LogP contribution in [0.25, 0.3) is 6.08 Å². The Bertz CT molecular complexity index is 800. The van der Waals surface area contributed by atoms with Crippen LogP contribution in [-0.2, 0) is 11.3 Å². The molecule has 150 valence electrons. The number of carbonyl (C=O) groups excluding carboxylic acids is 1. The minimum Gasteiger partial charge on any atom is -0.497 e. The molecule has 0 aliphatic heterocycles. The second-order valence-corrected chi connectivity index (χ2v) is 5.73. The average Bonchev–Trinajstić information content (AvgIpc) is 2.74. The van der Waals surface area contributed by atoms with E-state index in [4.69, 9.17) is 23.7 Å². The lowest BCUT2D eigenvalue weighted by Gasteiger charge is -2.14. The van der Waals surface area contributed by atoms with Gasteiger partial charge in [-0.25, -0.2) is 0 Å². The van der Waals surface area contributed by atoms with E-state index in [-0.39, 0.29) is 5.91 Å². The maximum Gasteiger partial charge on any atom is 0.244 e. The first-order valence-corrected chi connectivity index (χ1v) is 8.52. The van der Waals surface area contributed by atoms with Gasteiger partial charge in [0.1, 0.15) is 11.5 Å². The fraction of sp³-hybridized carbons (Fsp3) is 0.286. The van der Waals surface area contributed by atoms with Crippen molar-refractivity contribution in [1.82, 2.24) is 5.32 Å². The van der Waals surface area contributed by atoms with Crippen molar-refractivity contribution >= 4 is 12.0 Å². The molecule has 0 saturated carbocycles. The molecule has 0 aromatic heterocycles. The Kier molecular flexibility index (Phi) is 7.56. The van der Waals surface area contributed by atoms with Crippen molar-refractivity contribution < 1.29 is 28.5 Å². The fourth-order valence-corrected chi connectivity index (χ4v) is 2.58. The lowest BCUT2D eigenvalue weighted by atomic mass is 10.1. The van der Waals surface area contributed by atoms with Gasteiger partial charge in [0.15, 0.2) is 11.5 Å². The van der Waals surface area contributed by atoms with Gasteiger partial charge in [-0.05, 0) is 41.5 Å². The summed E-state index contributed by atoms with van der Waals surface area (Å²) in [5, 5.41) is 2.83. The maximum atomic E-state index is 12.2. The lowest BCUT2D eigenvalue weighted by molar-refractivity contribution is -0.116. The summed E-state index contributed by atoms with van der Waals surface area (Å²) in [6, 6.07) is 8.97. The van der Waals surface area contributed by atoms with Crippen LogP contribution in [0.2, 0.25) is 0 Å². The fourth-order valence-electron chi connectivity index (χ4n) is 2.58. The molecule has 0 aliphatic rings. The molecule has 2 aromatic rings. The summed E-state index contributed by atoms with van der Waals surface area (Å²) >= 11 is 0. The highest BCUT2D eigenvalue weighted by molar-refractivity contribution is 5.91. The van der Waals surface area contributed by atoms with E-state index in [1.54, 1.807) is 59.8 Å². The normalized spacial score (nSPS) is 10.5. The molecule has 2 rings (SSSR count). The molecular formula is C21H25NO6. The number of rotatable bonds is 9. The summed E-state index contributed by atoms with van der Waals surface area (Å²) in [7, 11) is 7.79. The Morgan fingerprint density at radius 3 is 1.86 bits per heavy atom. The van der Waals surface area contributed by atoms with Crippen LogP contribution >= 0.6 is 0 Å². The number of ether oxygens (including phenoxy) is 5. The largest absolute Gasteiger partial charge is 0.497 e. The molecule has 7 nitrogen and oxygen atoms in total. The van der Waals surface area contributed by atoms with Crippen molar-refractivity contribution in [3.63, 3.8) is 0 Å². The zero-order valence-electron chi connectivity index (χ0n) is 16.7. The maximum absolute atomic E-state index is 12.2. The predicted octanol–water partition coefficient (Wildman–Crippen LogP) is 3.06. The molecule has 0 spiro atoms. The van der Waals surface area contributed by atoms with Crippen LogP contribution in [0.3, 0.4) is 0 Å². The minimum absolute atomic E-state index is 0.240. The van der Waals surface area contributed by atoms with E-state index in [1.807, 2.05) is 12.1 Å². The van der Waals surface area contributed by atoms with E-state index in [9.17, 15) is 4.79 Å². The summed E-state index contributed by atoms with van der Waals surface area (Å²) in [5.74, 6) is 2.63. The molecule has 0 radical (unpaired) electrons. The van der Waals surface area contributed by atoms with E-state index in [0.29, 0.717) is 35.3 Å². The molecule has 0 aliphatic carbocycles. The molecule has 0 fully saturated rings. The summed E-state index contributed by atoms with van der Waals surface area (Å²) in [5.41, 5.74) is 1.61. The molecule has 28 heavy (non-hydrogen) atoms. The summed E-state index contributed by atoms with van der Waals surface area (Å²) in [6.45, 7) is 0.307. The quantitative estimate of drug-likeness (QED) is 0.667. The number of amides is 1. The zero-order chi connectivity index (χ0) is 20.5. The first-order valence-electron chi connectivity index (χ1n) is 8.52. The molecule has 0 heterocycles. The Hall–Kier alpha value is -3.35. The minimum atomic E-state index is -0.240. The van der Waals surface area contributed by atoms with Crippen molar-refractivity contribution in [1.29, 1.82) is 0 Å². The molecular weight excluding hydrogens is 362 g/mol. The zero-order valence-corrected chi connectivity index (χ0v) is 16.7. The van der Waals surface area contributed by atoms with E-state index in [0.717, 1.165) is 11.1 Å². The number of carbonyl (C=O) groups is 1. The third-order valence-corrected chi connectivity index (χ3v) is 3.99. The SMILES string of the molecule is COc1cc(/C=C/C(=O)NCc2cc(OC)c(OC)c(OC)c2)cc(OC)c1. The van der Waals surface area contributed by atoms with Gasteiger partial charge in [0.05, 0.1) is 35.5 Å². The van der Waals surface area contributed by atoms with Gasteiger partial charge in [-0.2, -0.15) is 0 Å². The molecule has 1 N–H and O–H groups in total. The van der Waals surface area contributed by atoms with Crippen molar-refractivity contribution in [3.05, 3.63) is 47.5 Å². The van der Waals surface area contributed by atoms with Crippen LogP contribution in [0.1, 0.15) is 11.1 Å². The highest BCUT2D eigenvalue weighted by Gasteiger charge is 2.13. The molecule has 7 heteroatoms. The van der Waals surface area contributed by atoms with Crippen LogP contribution < -0.4 is 29.0 Å². The number of hydrogen-bond donors (Lipinski definition) is 1. The monoisotopic (exact) mass is 387 g/mol. The molecule has 0 atom stereocenters. The van der Waals surface area contributed by atoms with Gasteiger partial charge in [0.2, 0.25) is 11.7 Å². The summed E-state index contributed by atoms with van der Waals surface area (Å²) in [4.78, 5) is 12.2. The molecule has 0 bridgehead atoms. The van der Waals surface area contributed by atoms with Crippen LogP contribution in [0.4, 0.5) is 0 Å². The van der Waals surface area contributed by atoms with Gasteiger partial charge in [-0.15, -0.1) is 0 Å². The first kappa shape index (κ1) is 21.0. The molecule has 1 amide bonds. The average molecular weight is 387 g/mol. The second kappa shape index (κ2) is 10.1. The summed E-state index contributed by atoms with van der Waals surface area (Å²) < 4.78 is 26.4. The van der Waals surface area contributed by atoms with E-state index < -0.39 is 0 Å². The molecule has 0 unspecified atom stereocenters. The Labute approximate surface area is 164 Å². The highest BCUT2D eigenvalue weighted by Crippen LogP contribution is 2.38. The summed E-state index contributed by atoms with van der Waals surface area (Å²) in [6.07, 6.45) is 3.14. The van der Waals surface area contributed by atoms with Gasteiger partial charge in [-0.3, -0.25) is 4.79 Å². The molecule has 0 saturated heterocycles. The second-order valence-electron chi connectivity index (χ2n) is 5.73.